The Balaban J connectivity index is 2.15. The Hall–Kier alpha value is -1.31. The summed E-state index contributed by atoms with van der Waals surface area (Å²) in [4.78, 5) is 16.3. The van der Waals surface area contributed by atoms with Crippen molar-refractivity contribution in [2.75, 3.05) is 13.2 Å². The molecular weight excluding hydrogens is 270 g/mol. The van der Waals surface area contributed by atoms with E-state index in [1.165, 1.54) is 11.3 Å². The van der Waals surface area contributed by atoms with Crippen LogP contribution in [0.25, 0.3) is 0 Å². The van der Waals surface area contributed by atoms with E-state index in [2.05, 4.69) is 18.8 Å². The van der Waals surface area contributed by atoms with Crippen LogP contribution in [0, 0.1) is 18.8 Å². The summed E-state index contributed by atoms with van der Waals surface area (Å²) in [6.07, 6.45) is 3.73. The van der Waals surface area contributed by atoms with Gasteiger partial charge in [0, 0.05) is 19.0 Å². The molecule has 0 aromatic carbocycles. The van der Waals surface area contributed by atoms with Crippen molar-refractivity contribution >= 4 is 17.2 Å². The highest BCUT2D eigenvalue weighted by atomic mass is 32.1. The van der Waals surface area contributed by atoms with Crippen LogP contribution in [0.1, 0.15) is 52.7 Å². The molecule has 1 aromatic rings. The zero-order chi connectivity index (χ0) is 14.5. The normalized spacial score (nSPS) is 17.9. The molecule has 2 heterocycles. The molecular formula is C16H21NO2S. The number of carbonyl (C=O) groups excluding carboxylic acids is 1. The van der Waals surface area contributed by atoms with Crippen LogP contribution < -0.4 is 0 Å². The summed E-state index contributed by atoms with van der Waals surface area (Å²) in [7, 11) is 0. The first kappa shape index (κ1) is 15.1. The van der Waals surface area contributed by atoms with Gasteiger partial charge in [-0.05, 0) is 37.8 Å². The summed E-state index contributed by atoms with van der Waals surface area (Å²) in [5.41, 5.74) is 1.05. The molecule has 0 bridgehead atoms. The van der Waals surface area contributed by atoms with Gasteiger partial charge in [-0.25, -0.2) is 0 Å². The predicted molar refractivity (Wildman–Crippen MR) is 82.0 cm³/mol. The molecule has 0 saturated carbocycles. The van der Waals surface area contributed by atoms with Crippen molar-refractivity contribution in [3.05, 3.63) is 21.4 Å². The molecule has 2 rings (SSSR count). The summed E-state index contributed by atoms with van der Waals surface area (Å²) < 4.78 is 0. The van der Waals surface area contributed by atoms with Crippen LogP contribution in [-0.2, 0) is 0 Å². The highest BCUT2D eigenvalue weighted by Gasteiger charge is 2.29. The number of aliphatic hydroxyl groups is 1. The van der Waals surface area contributed by atoms with Crippen molar-refractivity contribution in [3.8, 4) is 11.8 Å². The predicted octanol–water partition coefficient (Wildman–Crippen LogP) is 2.81. The summed E-state index contributed by atoms with van der Waals surface area (Å²) >= 11 is 1.47. The number of amides is 1. The second-order valence-electron chi connectivity index (χ2n) is 5.10. The van der Waals surface area contributed by atoms with Crippen LogP contribution in [0.15, 0.2) is 6.07 Å². The van der Waals surface area contributed by atoms with Crippen molar-refractivity contribution in [3.63, 3.8) is 0 Å². The van der Waals surface area contributed by atoms with Crippen molar-refractivity contribution in [2.45, 2.75) is 45.6 Å². The number of carbonyl (C=O) groups is 1. The first-order valence-electron chi connectivity index (χ1n) is 7.18. The van der Waals surface area contributed by atoms with E-state index in [1.807, 2.05) is 17.9 Å². The topological polar surface area (TPSA) is 40.5 Å². The smallest absolute Gasteiger partial charge is 0.264 e. The fraction of sp³-hybridized carbons (Fsp3) is 0.562. The molecule has 1 amide bonds. The van der Waals surface area contributed by atoms with Gasteiger partial charge in [-0.1, -0.05) is 18.8 Å². The van der Waals surface area contributed by atoms with Crippen molar-refractivity contribution in [1.29, 1.82) is 0 Å². The molecule has 20 heavy (non-hydrogen) atoms. The summed E-state index contributed by atoms with van der Waals surface area (Å²) in [6.45, 7) is 5.08. The number of hydrogen-bond donors (Lipinski definition) is 1. The number of hydrogen-bond acceptors (Lipinski definition) is 3. The van der Waals surface area contributed by atoms with Gasteiger partial charge in [0.05, 0.1) is 16.4 Å². The third-order valence-electron chi connectivity index (χ3n) is 3.68. The van der Waals surface area contributed by atoms with Crippen LogP contribution in [0.2, 0.25) is 0 Å². The SMILES string of the molecule is CCC1CCCN1C(=O)c1cc(C)c(C#CCCO)s1. The Morgan fingerprint density at radius 1 is 1.60 bits per heavy atom. The van der Waals surface area contributed by atoms with E-state index in [0.29, 0.717) is 12.5 Å². The standard InChI is InChI=1S/C16H21NO2S/c1-3-13-7-6-9-17(13)16(19)15-11-12(2)14(20-15)8-4-5-10-18/h11,13,18H,3,5-7,9-10H2,1-2H3. The van der Waals surface area contributed by atoms with Gasteiger partial charge >= 0.3 is 0 Å². The minimum atomic E-state index is 0.0785. The Labute approximate surface area is 124 Å². The largest absolute Gasteiger partial charge is 0.395 e. The molecule has 0 radical (unpaired) electrons. The van der Waals surface area contributed by atoms with Gasteiger partial charge in [0.25, 0.3) is 5.91 Å². The van der Waals surface area contributed by atoms with Crippen LogP contribution >= 0.6 is 11.3 Å². The molecule has 1 saturated heterocycles. The Morgan fingerprint density at radius 3 is 3.10 bits per heavy atom. The van der Waals surface area contributed by atoms with E-state index in [-0.39, 0.29) is 12.5 Å². The highest BCUT2D eigenvalue weighted by molar-refractivity contribution is 7.14. The maximum Gasteiger partial charge on any atom is 0.264 e. The zero-order valence-electron chi connectivity index (χ0n) is 12.1. The summed E-state index contributed by atoms with van der Waals surface area (Å²) in [6, 6.07) is 2.34. The first-order valence-corrected chi connectivity index (χ1v) is 8.00. The lowest BCUT2D eigenvalue weighted by Gasteiger charge is -2.22. The van der Waals surface area contributed by atoms with Gasteiger partial charge in [0.2, 0.25) is 0 Å². The molecule has 108 valence electrons. The van der Waals surface area contributed by atoms with Gasteiger partial charge < -0.3 is 10.0 Å². The average Bonchev–Trinajstić information content (AvgIpc) is 3.05. The van der Waals surface area contributed by atoms with E-state index in [4.69, 9.17) is 5.11 Å². The lowest BCUT2D eigenvalue weighted by molar-refractivity contribution is 0.0738. The number of aliphatic hydroxyl groups excluding tert-OH is 1. The van der Waals surface area contributed by atoms with E-state index < -0.39 is 0 Å². The number of likely N-dealkylation sites (tertiary alicyclic amines) is 1. The van der Waals surface area contributed by atoms with E-state index in [1.54, 1.807) is 0 Å². The monoisotopic (exact) mass is 291 g/mol. The fourth-order valence-corrected chi connectivity index (χ4v) is 3.58. The number of rotatable bonds is 3. The zero-order valence-corrected chi connectivity index (χ0v) is 12.9. The molecule has 1 atom stereocenters. The highest BCUT2D eigenvalue weighted by Crippen LogP contribution is 2.27. The third kappa shape index (κ3) is 3.23. The lowest BCUT2D eigenvalue weighted by Crippen LogP contribution is -2.34. The van der Waals surface area contributed by atoms with Crippen molar-refractivity contribution in [1.82, 2.24) is 4.90 Å². The minimum Gasteiger partial charge on any atom is -0.395 e. The van der Waals surface area contributed by atoms with Crippen molar-refractivity contribution < 1.29 is 9.90 Å². The van der Waals surface area contributed by atoms with E-state index in [9.17, 15) is 4.79 Å². The van der Waals surface area contributed by atoms with Crippen LogP contribution in [-0.4, -0.2) is 35.1 Å². The summed E-state index contributed by atoms with van der Waals surface area (Å²) in [5, 5.41) is 8.75. The molecule has 1 unspecified atom stereocenters. The molecule has 1 fully saturated rings. The molecule has 4 heteroatoms. The first-order chi connectivity index (χ1) is 9.67. The third-order valence-corrected chi connectivity index (χ3v) is 4.82. The second kappa shape index (κ2) is 6.92. The molecule has 1 aliphatic heterocycles. The van der Waals surface area contributed by atoms with Gasteiger partial charge in [-0.2, -0.15) is 0 Å². The van der Waals surface area contributed by atoms with Crippen LogP contribution in [0.4, 0.5) is 0 Å². The minimum absolute atomic E-state index is 0.0785. The van der Waals surface area contributed by atoms with Crippen LogP contribution in [0.3, 0.4) is 0 Å². The van der Waals surface area contributed by atoms with Crippen LogP contribution in [0.5, 0.6) is 0 Å². The van der Waals surface area contributed by atoms with Gasteiger partial charge in [-0.3, -0.25) is 4.79 Å². The average molecular weight is 291 g/mol. The van der Waals surface area contributed by atoms with E-state index in [0.717, 1.165) is 41.1 Å². The van der Waals surface area contributed by atoms with Gasteiger partial charge in [0.15, 0.2) is 0 Å². The van der Waals surface area contributed by atoms with Gasteiger partial charge in [0.1, 0.15) is 0 Å². The molecule has 1 N–H and O–H groups in total. The molecule has 1 aliphatic rings. The number of nitrogens with zero attached hydrogens (tertiary/aromatic N) is 1. The number of aryl methyl sites for hydroxylation is 1. The molecule has 1 aromatic heterocycles. The molecule has 0 spiro atoms. The maximum atomic E-state index is 12.6. The molecule has 3 nitrogen and oxygen atoms in total. The molecule has 0 aliphatic carbocycles. The maximum absolute atomic E-state index is 12.6. The van der Waals surface area contributed by atoms with E-state index >= 15 is 0 Å². The van der Waals surface area contributed by atoms with Crippen molar-refractivity contribution in [2.24, 2.45) is 0 Å². The quantitative estimate of drug-likeness (QED) is 0.870. The fourth-order valence-electron chi connectivity index (χ4n) is 2.58. The lowest BCUT2D eigenvalue weighted by atomic mass is 10.1. The van der Waals surface area contributed by atoms with Gasteiger partial charge in [-0.15, -0.1) is 11.3 Å². The Bertz CT molecular complexity index is 538. The summed E-state index contributed by atoms with van der Waals surface area (Å²) in [5.74, 6) is 6.11. The second-order valence-corrected chi connectivity index (χ2v) is 6.15. The number of thiophene rings is 1. The Kier molecular flexibility index (Phi) is 5.22. The Morgan fingerprint density at radius 2 is 2.40 bits per heavy atom.